The van der Waals surface area contributed by atoms with Crippen LogP contribution >= 0.6 is 12.4 Å². The second-order valence-electron chi connectivity index (χ2n) is 9.56. The first-order valence-corrected chi connectivity index (χ1v) is 11.9. The van der Waals surface area contributed by atoms with Crippen LogP contribution in [0.5, 0.6) is 0 Å². The monoisotopic (exact) mass is 514 g/mol. The van der Waals surface area contributed by atoms with E-state index >= 15 is 0 Å². The second-order valence-corrected chi connectivity index (χ2v) is 9.56. The molecule has 0 N–H and O–H groups in total. The topological polar surface area (TPSA) is 43.1 Å². The lowest BCUT2D eigenvalue weighted by molar-refractivity contribution is -0.141. The molecule has 1 saturated heterocycles. The van der Waals surface area contributed by atoms with Crippen LogP contribution in [-0.2, 0) is 26.2 Å². The average Bonchev–Trinajstić information content (AvgIpc) is 3.12. The number of benzene rings is 1. The molecule has 1 fully saturated rings. The average molecular weight is 515 g/mol. The Balaban J connectivity index is 0.00000267. The van der Waals surface area contributed by atoms with Crippen molar-refractivity contribution in [1.82, 2.24) is 19.0 Å². The Bertz CT molecular complexity index is 1490. The number of pyridine rings is 2. The maximum Gasteiger partial charge on any atom is 0.433 e. The Labute approximate surface area is 212 Å². The number of aryl methyl sites for hydroxylation is 1. The number of nitrogens with zero attached hydrogens (tertiary/aromatic N) is 4. The standard InChI is InChI=1S/C27H25F3N4O.ClH/c1-32-23-14-20(6-7-21(23)22-16-33-10-3-2-4-19(33)13-24(22)32)34-11-9-17(12-26(34)35)18-5-8-25(31-15-18)27(28,29)30;/h5-9,11-12,14-15,19H,2-4,10,13,16H2,1H3;1H. The zero-order valence-electron chi connectivity index (χ0n) is 19.8. The zero-order chi connectivity index (χ0) is 24.3. The van der Waals surface area contributed by atoms with E-state index in [1.807, 2.05) is 12.1 Å². The number of halogens is 4. The fourth-order valence-electron chi connectivity index (χ4n) is 5.67. The van der Waals surface area contributed by atoms with Gasteiger partial charge in [-0.3, -0.25) is 19.2 Å². The minimum absolute atomic E-state index is 0. The summed E-state index contributed by atoms with van der Waals surface area (Å²) in [5.41, 5.74) is 4.43. The van der Waals surface area contributed by atoms with Crippen LogP contribution in [0, 0.1) is 0 Å². The molecule has 5 nitrogen and oxygen atoms in total. The second kappa shape index (κ2) is 9.09. The van der Waals surface area contributed by atoms with Crippen LogP contribution in [0.3, 0.4) is 0 Å². The summed E-state index contributed by atoms with van der Waals surface area (Å²) in [6, 6.07) is 12.2. The van der Waals surface area contributed by atoms with Gasteiger partial charge < -0.3 is 4.57 Å². The van der Waals surface area contributed by atoms with E-state index in [0.29, 0.717) is 17.2 Å². The fourth-order valence-corrected chi connectivity index (χ4v) is 5.67. The first kappa shape index (κ1) is 24.6. The molecule has 2 aliphatic rings. The van der Waals surface area contributed by atoms with Gasteiger partial charge in [0.1, 0.15) is 5.69 Å². The third-order valence-electron chi connectivity index (χ3n) is 7.55. The lowest BCUT2D eigenvalue weighted by Crippen LogP contribution is -2.43. The quantitative estimate of drug-likeness (QED) is 0.342. The van der Waals surface area contributed by atoms with E-state index in [4.69, 9.17) is 0 Å². The third-order valence-corrected chi connectivity index (χ3v) is 7.55. The molecule has 0 saturated carbocycles. The Kier molecular flexibility index (Phi) is 6.21. The molecule has 0 aliphatic carbocycles. The van der Waals surface area contributed by atoms with Crippen molar-refractivity contribution in [2.45, 2.75) is 44.4 Å². The molecule has 9 heteroatoms. The first-order valence-electron chi connectivity index (χ1n) is 11.9. The van der Waals surface area contributed by atoms with Gasteiger partial charge in [-0.2, -0.15) is 13.2 Å². The molecule has 1 aromatic carbocycles. The molecule has 0 radical (unpaired) electrons. The normalized spacial score (nSPS) is 17.9. The fraction of sp³-hybridized carbons (Fsp3) is 0.333. The van der Waals surface area contributed by atoms with Gasteiger partial charge in [-0.25, -0.2) is 0 Å². The van der Waals surface area contributed by atoms with Gasteiger partial charge >= 0.3 is 6.18 Å². The highest BCUT2D eigenvalue weighted by Crippen LogP contribution is 2.36. The van der Waals surface area contributed by atoms with Crippen LogP contribution in [0.4, 0.5) is 13.2 Å². The number of rotatable bonds is 2. The number of piperidine rings is 1. The first-order chi connectivity index (χ1) is 16.8. The van der Waals surface area contributed by atoms with Crippen LogP contribution in [0.1, 0.15) is 36.2 Å². The van der Waals surface area contributed by atoms with Crippen LogP contribution < -0.4 is 5.56 Å². The van der Waals surface area contributed by atoms with Crippen molar-refractivity contribution < 1.29 is 13.2 Å². The maximum atomic E-state index is 13.0. The molecule has 2 aliphatic heterocycles. The molecule has 1 unspecified atom stereocenters. The van der Waals surface area contributed by atoms with Gasteiger partial charge in [0.05, 0.1) is 11.2 Å². The molecule has 3 aromatic heterocycles. The molecule has 36 heavy (non-hydrogen) atoms. The van der Waals surface area contributed by atoms with Crippen LogP contribution in [0.25, 0.3) is 27.7 Å². The van der Waals surface area contributed by atoms with Crippen molar-refractivity contribution in [3.63, 3.8) is 0 Å². The summed E-state index contributed by atoms with van der Waals surface area (Å²) in [6.45, 7) is 2.14. The smallest absolute Gasteiger partial charge is 0.347 e. The molecule has 1 atom stereocenters. The van der Waals surface area contributed by atoms with E-state index in [-0.39, 0.29) is 18.0 Å². The molecule has 0 amide bonds. The Hall–Kier alpha value is -3.10. The van der Waals surface area contributed by atoms with Gasteiger partial charge in [0.25, 0.3) is 5.56 Å². The number of hydrogen-bond donors (Lipinski definition) is 0. The van der Waals surface area contributed by atoms with E-state index in [1.165, 1.54) is 48.0 Å². The third kappa shape index (κ3) is 4.12. The van der Waals surface area contributed by atoms with Crippen molar-refractivity contribution in [2.75, 3.05) is 6.54 Å². The predicted molar refractivity (Wildman–Crippen MR) is 136 cm³/mol. The van der Waals surface area contributed by atoms with Crippen LogP contribution in [-0.4, -0.2) is 31.6 Å². The molecule has 188 valence electrons. The Morgan fingerprint density at radius 3 is 2.58 bits per heavy atom. The van der Waals surface area contributed by atoms with Gasteiger partial charge in [0.15, 0.2) is 0 Å². The zero-order valence-corrected chi connectivity index (χ0v) is 20.6. The number of alkyl halides is 3. The molecule has 5 heterocycles. The highest BCUT2D eigenvalue weighted by molar-refractivity contribution is 5.87. The minimum atomic E-state index is -4.49. The van der Waals surface area contributed by atoms with Crippen molar-refractivity contribution in [2.24, 2.45) is 7.05 Å². The van der Waals surface area contributed by atoms with Crippen molar-refractivity contribution >= 4 is 23.3 Å². The maximum absolute atomic E-state index is 13.0. The van der Waals surface area contributed by atoms with Gasteiger partial charge in [0, 0.05) is 61.2 Å². The molecule has 0 bridgehead atoms. The van der Waals surface area contributed by atoms with E-state index in [9.17, 15) is 18.0 Å². The number of fused-ring (bicyclic) bond motifs is 4. The highest BCUT2D eigenvalue weighted by atomic mass is 35.5. The molecular weight excluding hydrogens is 489 g/mol. The molecular formula is C27H26ClF3N4O. The van der Waals surface area contributed by atoms with Crippen molar-refractivity contribution in [3.8, 4) is 16.8 Å². The number of hydrogen-bond acceptors (Lipinski definition) is 3. The summed E-state index contributed by atoms with van der Waals surface area (Å²) in [5.74, 6) is 0. The molecule has 4 aromatic rings. The van der Waals surface area contributed by atoms with E-state index < -0.39 is 11.9 Å². The lowest BCUT2D eigenvalue weighted by Gasteiger charge is -2.39. The van der Waals surface area contributed by atoms with Crippen LogP contribution in [0.15, 0.2) is 59.7 Å². The van der Waals surface area contributed by atoms with Gasteiger partial charge in [0.2, 0.25) is 0 Å². The van der Waals surface area contributed by atoms with Crippen molar-refractivity contribution in [1.29, 1.82) is 0 Å². The van der Waals surface area contributed by atoms with E-state index in [1.54, 1.807) is 16.8 Å². The summed E-state index contributed by atoms with van der Waals surface area (Å²) in [7, 11) is 2.10. The van der Waals surface area contributed by atoms with E-state index in [0.717, 1.165) is 43.0 Å². The summed E-state index contributed by atoms with van der Waals surface area (Å²) < 4.78 is 42.2. The van der Waals surface area contributed by atoms with E-state index in [2.05, 4.69) is 27.6 Å². The minimum Gasteiger partial charge on any atom is -0.347 e. The lowest BCUT2D eigenvalue weighted by atomic mass is 9.91. The summed E-state index contributed by atoms with van der Waals surface area (Å²) in [4.78, 5) is 19.1. The Morgan fingerprint density at radius 1 is 1.03 bits per heavy atom. The summed E-state index contributed by atoms with van der Waals surface area (Å²) >= 11 is 0. The highest BCUT2D eigenvalue weighted by Gasteiger charge is 2.33. The predicted octanol–water partition coefficient (Wildman–Crippen LogP) is 5.74. The molecule has 6 rings (SSSR count). The van der Waals surface area contributed by atoms with Gasteiger partial charge in [-0.1, -0.05) is 18.6 Å². The van der Waals surface area contributed by atoms with Gasteiger partial charge in [-0.15, -0.1) is 12.4 Å². The summed E-state index contributed by atoms with van der Waals surface area (Å²) in [6.07, 6.45) is 3.20. The largest absolute Gasteiger partial charge is 0.433 e. The van der Waals surface area contributed by atoms with Crippen molar-refractivity contribution in [3.05, 3.63) is 82.2 Å². The number of aromatic nitrogens is 3. The Morgan fingerprint density at radius 2 is 1.86 bits per heavy atom. The summed E-state index contributed by atoms with van der Waals surface area (Å²) in [5, 5.41) is 1.23. The van der Waals surface area contributed by atoms with Gasteiger partial charge in [-0.05, 0) is 54.8 Å². The van der Waals surface area contributed by atoms with Crippen LogP contribution in [0.2, 0.25) is 0 Å². The molecule has 0 spiro atoms. The SMILES string of the molecule is Cl.Cn1c2c(c3ccc(-n4ccc(-c5ccc(C(F)(F)F)nc5)cc4=O)cc31)CN1CCCCC1C2.